The van der Waals surface area contributed by atoms with Crippen molar-refractivity contribution in [3.05, 3.63) is 0 Å². The molecule has 1 saturated heterocycles. The zero-order valence-electron chi connectivity index (χ0n) is 11.1. The van der Waals surface area contributed by atoms with Crippen LogP contribution in [0.25, 0.3) is 0 Å². The Morgan fingerprint density at radius 1 is 1.37 bits per heavy atom. The number of hydrogen-bond donors (Lipinski definition) is 3. The van der Waals surface area contributed by atoms with Crippen molar-refractivity contribution in [1.29, 1.82) is 0 Å². The van der Waals surface area contributed by atoms with E-state index < -0.39 is 41.9 Å². The molecule has 0 saturated carbocycles. The summed E-state index contributed by atoms with van der Waals surface area (Å²) in [7, 11) is 1.30. The minimum atomic E-state index is -1.40. The van der Waals surface area contributed by atoms with E-state index in [9.17, 15) is 25.2 Å². The molecule has 1 fully saturated rings. The maximum atomic E-state index is 10.5. The fraction of sp³-hybridized carbons (Fsp3) is 0.900. The fourth-order valence-electron chi connectivity index (χ4n) is 1.56. The molecule has 106 valence electrons. The van der Waals surface area contributed by atoms with Crippen LogP contribution in [0, 0.1) is 0 Å². The van der Waals surface area contributed by atoms with Gasteiger partial charge >= 0.3 is 29.6 Å². The number of carboxylic acid groups (broad SMARTS) is 1. The molecule has 0 spiro atoms. The SMILES string of the molecule is CO[C@@H]1O[C@H](CSC(C)C(=O)[O-])[C@H](O)[C@H](O)[C@H]1O.[Na+]. The molecular weight excluding hydrogens is 287 g/mol. The van der Waals surface area contributed by atoms with Crippen LogP contribution in [0.3, 0.4) is 0 Å². The van der Waals surface area contributed by atoms with Crippen LogP contribution in [0.5, 0.6) is 0 Å². The molecule has 3 N–H and O–H groups in total. The third kappa shape index (κ3) is 5.14. The summed E-state index contributed by atoms with van der Waals surface area (Å²) in [5, 5.41) is 38.6. The number of aliphatic carboxylic acids is 1. The summed E-state index contributed by atoms with van der Waals surface area (Å²) >= 11 is 1.02. The van der Waals surface area contributed by atoms with Gasteiger partial charge in [0, 0.05) is 18.1 Å². The first kappa shape index (κ1) is 19.6. The number of methoxy groups -OCH3 is 1. The van der Waals surface area contributed by atoms with E-state index in [0.29, 0.717) is 0 Å². The molecule has 1 aliphatic rings. The Balaban J connectivity index is 0.00000324. The van der Waals surface area contributed by atoms with Crippen molar-refractivity contribution >= 4 is 17.7 Å². The Labute approximate surface area is 137 Å². The van der Waals surface area contributed by atoms with Gasteiger partial charge in [0.05, 0.1) is 12.1 Å². The predicted octanol–water partition coefficient (Wildman–Crippen LogP) is -5.68. The summed E-state index contributed by atoms with van der Waals surface area (Å²) in [6.45, 7) is 1.45. The average molecular weight is 304 g/mol. The van der Waals surface area contributed by atoms with E-state index in [1.807, 2.05) is 0 Å². The van der Waals surface area contributed by atoms with Crippen LogP contribution in [0.2, 0.25) is 0 Å². The Morgan fingerprint density at radius 3 is 2.42 bits per heavy atom. The summed E-state index contributed by atoms with van der Waals surface area (Å²) < 4.78 is 10.1. The molecule has 6 atom stereocenters. The molecule has 1 unspecified atom stereocenters. The quantitative estimate of drug-likeness (QED) is 0.430. The van der Waals surface area contributed by atoms with Gasteiger partial charge < -0.3 is 34.7 Å². The Bertz CT molecular complexity index is 291. The van der Waals surface area contributed by atoms with E-state index in [-0.39, 0.29) is 35.3 Å². The number of rotatable bonds is 5. The molecule has 1 aliphatic heterocycles. The van der Waals surface area contributed by atoms with Crippen LogP contribution in [-0.4, -0.2) is 70.1 Å². The van der Waals surface area contributed by atoms with Crippen molar-refractivity contribution in [1.82, 2.24) is 0 Å². The molecule has 1 rings (SSSR count). The third-order valence-electron chi connectivity index (χ3n) is 2.74. The van der Waals surface area contributed by atoms with E-state index >= 15 is 0 Å². The summed E-state index contributed by atoms with van der Waals surface area (Å²) in [6, 6.07) is 0. The van der Waals surface area contributed by atoms with Crippen LogP contribution in [0.1, 0.15) is 6.92 Å². The van der Waals surface area contributed by atoms with Gasteiger partial charge in [-0.2, -0.15) is 0 Å². The number of carbonyl (C=O) groups excluding carboxylic acids is 1. The number of carbonyl (C=O) groups is 1. The number of aliphatic hydroxyl groups excluding tert-OH is 3. The van der Waals surface area contributed by atoms with Gasteiger partial charge in [0.2, 0.25) is 0 Å². The van der Waals surface area contributed by atoms with E-state index in [1.54, 1.807) is 0 Å². The van der Waals surface area contributed by atoms with Gasteiger partial charge in [0.1, 0.15) is 18.3 Å². The van der Waals surface area contributed by atoms with Crippen LogP contribution >= 0.6 is 11.8 Å². The normalized spacial score (nSPS) is 36.4. The van der Waals surface area contributed by atoms with Crippen LogP contribution in [-0.2, 0) is 14.3 Å². The second-order valence-corrected chi connectivity index (χ2v) is 5.42. The number of carboxylic acids is 1. The molecule has 0 bridgehead atoms. The number of hydrogen-bond acceptors (Lipinski definition) is 8. The first-order valence-electron chi connectivity index (χ1n) is 5.43. The van der Waals surface area contributed by atoms with Gasteiger partial charge in [-0.15, -0.1) is 11.8 Å². The van der Waals surface area contributed by atoms with Crippen molar-refractivity contribution in [3.63, 3.8) is 0 Å². The van der Waals surface area contributed by atoms with Crippen molar-refractivity contribution < 1.29 is 64.3 Å². The van der Waals surface area contributed by atoms with Gasteiger partial charge in [-0.25, -0.2) is 0 Å². The Kier molecular flexibility index (Phi) is 9.09. The van der Waals surface area contributed by atoms with E-state index in [2.05, 4.69) is 0 Å². The molecular formula is C10H17NaO7S. The molecule has 1 heterocycles. The van der Waals surface area contributed by atoms with E-state index in [4.69, 9.17) is 9.47 Å². The largest absolute Gasteiger partial charge is 1.00 e. The average Bonchev–Trinajstić information content (AvgIpc) is 2.34. The zero-order chi connectivity index (χ0) is 13.9. The maximum Gasteiger partial charge on any atom is 1.00 e. The number of ether oxygens (including phenoxy) is 2. The topological polar surface area (TPSA) is 119 Å². The van der Waals surface area contributed by atoms with Crippen molar-refractivity contribution in [2.24, 2.45) is 0 Å². The maximum absolute atomic E-state index is 10.5. The molecule has 0 aliphatic carbocycles. The Morgan fingerprint density at radius 2 is 1.95 bits per heavy atom. The van der Waals surface area contributed by atoms with Crippen LogP contribution in [0.4, 0.5) is 0 Å². The van der Waals surface area contributed by atoms with Gasteiger partial charge in [-0.1, -0.05) is 0 Å². The summed E-state index contributed by atoms with van der Waals surface area (Å²) in [5.41, 5.74) is 0. The van der Waals surface area contributed by atoms with Crippen molar-refractivity contribution in [2.75, 3.05) is 12.9 Å². The molecule has 0 aromatic carbocycles. The summed E-state index contributed by atoms with van der Waals surface area (Å²) in [5.74, 6) is -1.07. The van der Waals surface area contributed by atoms with Gasteiger partial charge in [0.15, 0.2) is 6.29 Å². The van der Waals surface area contributed by atoms with Gasteiger partial charge in [-0.05, 0) is 6.92 Å². The standard InChI is InChI=1S/C10H18O7S.Na/c1-4(9(14)15)18-3-5-6(11)7(12)8(13)10(16-2)17-5;/h4-8,10-13H,3H2,1-2H3,(H,14,15);/q;+1/p-1/t4?,5-,6+,7+,8-,10-;/m1./s1. The first-order chi connectivity index (χ1) is 8.38. The molecule has 0 radical (unpaired) electrons. The van der Waals surface area contributed by atoms with Crippen molar-refractivity contribution in [2.45, 2.75) is 42.9 Å². The minimum absolute atomic E-state index is 0. The second-order valence-electron chi connectivity index (χ2n) is 4.05. The molecule has 19 heavy (non-hydrogen) atoms. The summed E-state index contributed by atoms with van der Waals surface area (Å²) in [4.78, 5) is 10.5. The predicted molar refractivity (Wildman–Crippen MR) is 60.6 cm³/mol. The second kappa shape index (κ2) is 8.81. The third-order valence-corrected chi connectivity index (χ3v) is 3.96. The van der Waals surface area contributed by atoms with Gasteiger partial charge in [0.25, 0.3) is 0 Å². The number of thioether (sulfide) groups is 1. The molecule has 7 nitrogen and oxygen atoms in total. The van der Waals surface area contributed by atoms with E-state index in [0.717, 1.165) is 11.8 Å². The zero-order valence-corrected chi connectivity index (χ0v) is 13.9. The fourth-order valence-corrected chi connectivity index (χ4v) is 2.45. The van der Waals surface area contributed by atoms with E-state index in [1.165, 1.54) is 14.0 Å². The van der Waals surface area contributed by atoms with Crippen molar-refractivity contribution in [3.8, 4) is 0 Å². The molecule has 0 aromatic heterocycles. The molecule has 0 aromatic rings. The monoisotopic (exact) mass is 304 g/mol. The molecule has 0 amide bonds. The first-order valence-corrected chi connectivity index (χ1v) is 6.48. The van der Waals surface area contributed by atoms with Crippen LogP contribution in [0.15, 0.2) is 0 Å². The minimum Gasteiger partial charge on any atom is -0.549 e. The smallest absolute Gasteiger partial charge is 0.549 e. The summed E-state index contributed by atoms with van der Waals surface area (Å²) in [6.07, 6.45) is -5.90. The molecule has 9 heteroatoms. The van der Waals surface area contributed by atoms with Crippen LogP contribution < -0.4 is 34.7 Å². The van der Waals surface area contributed by atoms with Gasteiger partial charge in [-0.3, -0.25) is 0 Å². The number of aliphatic hydroxyl groups is 3. The Hall–Kier alpha value is 0.620.